The van der Waals surface area contributed by atoms with E-state index in [1.807, 2.05) is 27.7 Å². The van der Waals surface area contributed by atoms with Crippen LogP contribution in [-0.2, 0) is 0 Å². The lowest BCUT2D eigenvalue weighted by atomic mass is 10.0. The number of hydrogen-bond donors (Lipinski definition) is 0. The molecule has 0 aliphatic carbocycles. The molecular weight excluding hydrogens is 272 g/mol. The van der Waals surface area contributed by atoms with E-state index in [0.717, 1.165) is 0 Å². The number of amides is 1. The molecule has 0 spiro atoms. The second-order valence-electron chi connectivity index (χ2n) is 5.50. The molecule has 1 amide bonds. The number of aryl methyl sites for hydroxylation is 1. The van der Waals surface area contributed by atoms with E-state index in [9.17, 15) is 19.7 Å². The maximum atomic E-state index is 12.6. The standard InChI is InChI=1S/C15H20N2O4/c1-9(2)16(10(3)4)15(19)13-7-14(17(20)21)11(5)6-12(13)8-18/h6-10H,1-5H3. The van der Waals surface area contributed by atoms with Crippen molar-refractivity contribution in [3.05, 3.63) is 38.9 Å². The first-order valence-corrected chi connectivity index (χ1v) is 6.77. The summed E-state index contributed by atoms with van der Waals surface area (Å²) >= 11 is 0. The zero-order chi connectivity index (χ0) is 16.3. The van der Waals surface area contributed by atoms with Gasteiger partial charge in [-0.25, -0.2) is 0 Å². The molecular formula is C15H20N2O4. The molecule has 0 unspecified atom stereocenters. The predicted molar refractivity (Wildman–Crippen MR) is 79.7 cm³/mol. The number of aldehydes is 1. The molecule has 1 rings (SSSR count). The summed E-state index contributed by atoms with van der Waals surface area (Å²) in [5.41, 5.74) is 0.454. The summed E-state index contributed by atoms with van der Waals surface area (Å²) in [5, 5.41) is 11.0. The fourth-order valence-corrected chi connectivity index (χ4v) is 2.40. The van der Waals surface area contributed by atoms with Crippen molar-refractivity contribution >= 4 is 17.9 Å². The van der Waals surface area contributed by atoms with Gasteiger partial charge >= 0.3 is 0 Å². The summed E-state index contributed by atoms with van der Waals surface area (Å²) < 4.78 is 0. The molecule has 21 heavy (non-hydrogen) atoms. The summed E-state index contributed by atoms with van der Waals surface area (Å²) in [7, 11) is 0. The van der Waals surface area contributed by atoms with E-state index >= 15 is 0 Å². The summed E-state index contributed by atoms with van der Waals surface area (Å²) in [6, 6.07) is 2.44. The third kappa shape index (κ3) is 3.45. The Balaban J connectivity index is 3.46. The Kier molecular flexibility index (Phi) is 5.18. The van der Waals surface area contributed by atoms with Crippen LogP contribution in [-0.4, -0.2) is 34.1 Å². The predicted octanol–water partition coefficient (Wildman–Crippen LogP) is 2.97. The van der Waals surface area contributed by atoms with Gasteiger partial charge in [0.25, 0.3) is 11.6 Å². The molecule has 6 heteroatoms. The molecule has 1 aromatic carbocycles. The maximum Gasteiger partial charge on any atom is 0.273 e. The van der Waals surface area contributed by atoms with E-state index in [2.05, 4.69) is 0 Å². The van der Waals surface area contributed by atoms with E-state index < -0.39 is 4.92 Å². The molecule has 0 radical (unpaired) electrons. The Morgan fingerprint density at radius 2 is 1.76 bits per heavy atom. The molecule has 0 heterocycles. The van der Waals surface area contributed by atoms with Crippen molar-refractivity contribution in [3.63, 3.8) is 0 Å². The highest BCUT2D eigenvalue weighted by atomic mass is 16.6. The number of rotatable bonds is 5. The van der Waals surface area contributed by atoms with Crippen LogP contribution in [0.25, 0.3) is 0 Å². The topological polar surface area (TPSA) is 80.5 Å². The molecule has 0 atom stereocenters. The summed E-state index contributed by atoms with van der Waals surface area (Å²) in [5.74, 6) is -0.370. The molecule has 1 aromatic rings. The van der Waals surface area contributed by atoms with E-state index in [1.54, 1.807) is 11.8 Å². The van der Waals surface area contributed by atoms with Crippen molar-refractivity contribution in [3.8, 4) is 0 Å². The molecule has 0 saturated carbocycles. The van der Waals surface area contributed by atoms with Gasteiger partial charge < -0.3 is 4.90 Å². The lowest BCUT2D eigenvalue weighted by Crippen LogP contribution is -2.42. The number of carbonyl (C=O) groups is 2. The third-order valence-corrected chi connectivity index (χ3v) is 3.27. The molecule has 6 nitrogen and oxygen atoms in total. The van der Waals surface area contributed by atoms with Gasteiger partial charge in [-0.1, -0.05) is 0 Å². The Morgan fingerprint density at radius 3 is 2.14 bits per heavy atom. The zero-order valence-corrected chi connectivity index (χ0v) is 12.9. The fourth-order valence-electron chi connectivity index (χ4n) is 2.40. The molecule has 114 valence electrons. The number of carbonyl (C=O) groups excluding carboxylic acids is 2. The van der Waals surface area contributed by atoms with E-state index in [-0.39, 0.29) is 34.8 Å². The number of nitro benzene ring substituents is 1. The van der Waals surface area contributed by atoms with Gasteiger partial charge in [-0.2, -0.15) is 0 Å². The second kappa shape index (κ2) is 6.47. The minimum Gasteiger partial charge on any atom is -0.334 e. The molecule has 0 aliphatic rings. The van der Waals surface area contributed by atoms with Crippen LogP contribution in [0.4, 0.5) is 5.69 Å². The van der Waals surface area contributed by atoms with Crippen molar-refractivity contribution in [2.75, 3.05) is 0 Å². The maximum absolute atomic E-state index is 12.6. The van der Waals surface area contributed by atoms with Gasteiger partial charge in [0, 0.05) is 29.3 Å². The Labute approximate surface area is 123 Å². The Bertz CT molecular complexity index is 571. The van der Waals surface area contributed by atoms with Crippen LogP contribution in [0.3, 0.4) is 0 Å². The molecule has 0 bridgehead atoms. The van der Waals surface area contributed by atoms with Crippen molar-refractivity contribution in [2.45, 2.75) is 46.7 Å². The first-order chi connectivity index (χ1) is 9.70. The van der Waals surface area contributed by atoms with Crippen molar-refractivity contribution < 1.29 is 14.5 Å². The third-order valence-electron chi connectivity index (χ3n) is 3.27. The van der Waals surface area contributed by atoms with E-state index in [1.165, 1.54) is 12.1 Å². The van der Waals surface area contributed by atoms with Crippen molar-refractivity contribution in [1.82, 2.24) is 4.90 Å². The first kappa shape index (κ1) is 16.8. The number of benzene rings is 1. The van der Waals surface area contributed by atoms with Gasteiger partial charge in [-0.15, -0.1) is 0 Å². The molecule has 0 fully saturated rings. The zero-order valence-electron chi connectivity index (χ0n) is 12.9. The van der Waals surface area contributed by atoms with Gasteiger partial charge in [0.2, 0.25) is 0 Å². The van der Waals surface area contributed by atoms with Gasteiger partial charge in [-0.3, -0.25) is 19.7 Å². The minimum atomic E-state index is -0.546. The number of nitrogens with zero attached hydrogens (tertiary/aromatic N) is 2. The second-order valence-corrected chi connectivity index (χ2v) is 5.50. The van der Waals surface area contributed by atoms with Crippen LogP contribution in [0.2, 0.25) is 0 Å². The van der Waals surface area contributed by atoms with E-state index in [0.29, 0.717) is 11.8 Å². The Hall–Kier alpha value is -2.24. The van der Waals surface area contributed by atoms with Crippen LogP contribution in [0.1, 0.15) is 54.0 Å². The van der Waals surface area contributed by atoms with Crippen LogP contribution in [0, 0.1) is 17.0 Å². The van der Waals surface area contributed by atoms with Gasteiger partial charge in [0.15, 0.2) is 6.29 Å². The SMILES string of the molecule is Cc1cc(C=O)c(C(=O)N(C(C)C)C(C)C)cc1[N+](=O)[O-]. The molecule has 0 N–H and O–H groups in total. The quantitative estimate of drug-likeness (QED) is 0.474. The first-order valence-electron chi connectivity index (χ1n) is 6.77. The van der Waals surface area contributed by atoms with Crippen LogP contribution >= 0.6 is 0 Å². The summed E-state index contributed by atoms with van der Waals surface area (Å²) in [6.45, 7) is 8.99. The highest BCUT2D eigenvalue weighted by molar-refractivity contribution is 6.02. The monoisotopic (exact) mass is 292 g/mol. The van der Waals surface area contributed by atoms with Crippen LogP contribution < -0.4 is 0 Å². The number of hydrogen-bond acceptors (Lipinski definition) is 4. The molecule has 0 saturated heterocycles. The van der Waals surface area contributed by atoms with Gasteiger partial charge in [0.05, 0.1) is 10.5 Å². The molecule has 0 aliphatic heterocycles. The van der Waals surface area contributed by atoms with Crippen molar-refractivity contribution in [1.29, 1.82) is 0 Å². The Morgan fingerprint density at radius 1 is 1.24 bits per heavy atom. The summed E-state index contributed by atoms with van der Waals surface area (Å²) in [6.07, 6.45) is 0.558. The van der Waals surface area contributed by atoms with Crippen LogP contribution in [0.5, 0.6) is 0 Å². The fraction of sp³-hybridized carbons (Fsp3) is 0.467. The normalized spacial score (nSPS) is 10.8. The molecule has 0 aromatic heterocycles. The largest absolute Gasteiger partial charge is 0.334 e. The van der Waals surface area contributed by atoms with Crippen molar-refractivity contribution in [2.24, 2.45) is 0 Å². The smallest absolute Gasteiger partial charge is 0.273 e. The lowest BCUT2D eigenvalue weighted by molar-refractivity contribution is -0.385. The van der Waals surface area contributed by atoms with Gasteiger partial charge in [0.1, 0.15) is 0 Å². The highest BCUT2D eigenvalue weighted by Gasteiger charge is 2.26. The van der Waals surface area contributed by atoms with E-state index in [4.69, 9.17) is 0 Å². The number of nitro groups is 1. The summed E-state index contributed by atoms with van der Waals surface area (Å²) in [4.78, 5) is 35.9. The minimum absolute atomic E-state index is 0.0719. The van der Waals surface area contributed by atoms with Gasteiger partial charge in [-0.05, 0) is 40.7 Å². The lowest BCUT2D eigenvalue weighted by Gasteiger charge is -2.31. The average molecular weight is 292 g/mol. The average Bonchev–Trinajstić information content (AvgIpc) is 2.36. The highest BCUT2D eigenvalue weighted by Crippen LogP contribution is 2.24. The van der Waals surface area contributed by atoms with Crippen LogP contribution in [0.15, 0.2) is 12.1 Å².